The van der Waals surface area contributed by atoms with E-state index < -0.39 is 48.1 Å². The van der Waals surface area contributed by atoms with Crippen LogP contribution in [0.5, 0.6) is 0 Å². The molecule has 0 fully saturated rings. The molecule has 1 rings (SSSR count). The fraction of sp³-hybridized carbons (Fsp3) is 0.519. The van der Waals surface area contributed by atoms with Crippen molar-refractivity contribution in [3.63, 3.8) is 0 Å². The molecule has 0 saturated heterocycles. The Morgan fingerprint density at radius 1 is 1.26 bits per heavy atom. The van der Waals surface area contributed by atoms with Gasteiger partial charge in [0.05, 0.1) is 19.1 Å². The molecule has 0 spiro atoms. The van der Waals surface area contributed by atoms with Crippen LogP contribution in [0, 0.1) is 11.3 Å². The van der Waals surface area contributed by atoms with Gasteiger partial charge in [0.1, 0.15) is 24.2 Å². The number of amides is 3. The highest BCUT2D eigenvalue weighted by Gasteiger charge is 2.36. The molecule has 0 heterocycles. The van der Waals surface area contributed by atoms with Crippen molar-refractivity contribution in [2.75, 3.05) is 31.7 Å². The second-order valence-corrected chi connectivity index (χ2v) is 10.2. The number of esters is 1. The molecule has 0 aliphatic rings. The number of ether oxygens (including phenoxy) is 2. The molecular weight excluding hydrogens is 508 g/mol. The number of carbonyl (C=O) groups excluding carboxylic acids is 4. The number of thioether (sulfide) groups is 1. The molecule has 1 aromatic carbocycles. The molecule has 2 unspecified atom stereocenters. The van der Waals surface area contributed by atoms with Crippen LogP contribution < -0.4 is 10.6 Å². The zero-order valence-electron chi connectivity index (χ0n) is 22.7. The topological polar surface area (TPSA) is 138 Å². The van der Waals surface area contributed by atoms with Crippen LogP contribution in [0.4, 0.5) is 4.79 Å². The smallest absolute Gasteiger partial charge is 0.408 e. The van der Waals surface area contributed by atoms with Gasteiger partial charge < -0.3 is 25.0 Å². The van der Waals surface area contributed by atoms with E-state index in [1.165, 1.54) is 11.8 Å². The van der Waals surface area contributed by atoms with E-state index in [9.17, 15) is 24.4 Å². The zero-order valence-corrected chi connectivity index (χ0v) is 23.6. The summed E-state index contributed by atoms with van der Waals surface area (Å²) < 4.78 is 10.2. The van der Waals surface area contributed by atoms with Crippen molar-refractivity contribution in [1.82, 2.24) is 15.5 Å². The van der Waals surface area contributed by atoms with Crippen molar-refractivity contribution in [1.29, 1.82) is 5.26 Å². The fourth-order valence-electron chi connectivity index (χ4n) is 3.46. The first-order valence-corrected chi connectivity index (χ1v) is 13.7. The number of nitriles is 1. The Morgan fingerprint density at radius 2 is 1.97 bits per heavy atom. The molecular formula is C27H38N4O6S. The van der Waals surface area contributed by atoms with Crippen LogP contribution in [0.15, 0.2) is 30.8 Å². The monoisotopic (exact) mass is 546 g/mol. The van der Waals surface area contributed by atoms with Crippen molar-refractivity contribution in [2.24, 2.45) is 0 Å². The number of benzene rings is 1. The minimum atomic E-state index is -1.21. The molecule has 0 aliphatic heterocycles. The average Bonchev–Trinajstić information content (AvgIpc) is 2.85. The van der Waals surface area contributed by atoms with E-state index in [0.717, 1.165) is 4.90 Å². The van der Waals surface area contributed by atoms with Gasteiger partial charge in [-0.25, -0.2) is 4.79 Å². The van der Waals surface area contributed by atoms with E-state index in [1.54, 1.807) is 58.0 Å². The predicted octanol–water partition coefficient (Wildman–Crippen LogP) is 3.44. The quantitative estimate of drug-likeness (QED) is 0.267. The lowest BCUT2D eigenvalue weighted by Crippen LogP contribution is -2.53. The summed E-state index contributed by atoms with van der Waals surface area (Å²) in [4.78, 5) is 52.6. The summed E-state index contributed by atoms with van der Waals surface area (Å²) in [6.45, 7) is 10.3. The number of hydrogen-bond donors (Lipinski definition) is 2. The van der Waals surface area contributed by atoms with Crippen molar-refractivity contribution < 1.29 is 28.7 Å². The number of nitrogens with zero attached hydrogens (tertiary/aromatic N) is 2. The standard InChI is InChI=1S/C27H38N4O6S/c1-7-19-10-9-11-20(18-19)23(24(33)29-15-12-22(32)36-8-2)31(16-14-28)25(34)21(13-17-38-6)30-26(35)37-27(3,4)5/h7,9-11,18,21,23H,1,8,12-13,15-17H2,2-6H3,(H,29,33)(H,30,35). The Morgan fingerprint density at radius 3 is 2.55 bits per heavy atom. The van der Waals surface area contributed by atoms with Crippen LogP contribution in [0.25, 0.3) is 6.08 Å². The van der Waals surface area contributed by atoms with E-state index in [2.05, 4.69) is 17.2 Å². The molecule has 11 heteroatoms. The van der Waals surface area contributed by atoms with Gasteiger partial charge in [0, 0.05) is 6.54 Å². The van der Waals surface area contributed by atoms with Gasteiger partial charge in [0.25, 0.3) is 0 Å². The highest BCUT2D eigenvalue weighted by Crippen LogP contribution is 2.24. The lowest BCUT2D eigenvalue weighted by Gasteiger charge is -2.33. The summed E-state index contributed by atoms with van der Waals surface area (Å²) in [6.07, 6.45) is 2.88. The Labute approximate surface area is 229 Å². The van der Waals surface area contributed by atoms with Crippen LogP contribution in [0.3, 0.4) is 0 Å². The molecule has 0 aliphatic carbocycles. The van der Waals surface area contributed by atoms with Crippen molar-refractivity contribution in [3.8, 4) is 6.07 Å². The molecule has 1 aromatic rings. The van der Waals surface area contributed by atoms with Crippen LogP contribution in [0.2, 0.25) is 0 Å². The third-order valence-corrected chi connectivity index (χ3v) is 5.72. The normalized spacial score (nSPS) is 12.3. The molecule has 0 aromatic heterocycles. The first-order valence-electron chi connectivity index (χ1n) is 12.3. The second-order valence-electron chi connectivity index (χ2n) is 9.23. The van der Waals surface area contributed by atoms with E-state index in [-0.39, 0.29) is 26.0 Å². The van der Waals surface area contributed by atoms with Crippen molar-refractivity contribution in [3.05, 3.63) is 42.0 Å². The first kappa shape index (κ1) is 32.5. The number of alkyl carbamates (subject to hydrolysis) is 1. The number of rotatable bonds is 14. The maximum Gasteiger partial charge on any atom is 0.408 e. The summed E-state index contributed by atoms with van der Waals surface area (Å²) in [5.41, 5.74) is 0.373. The summed E-state index contributed by atoms with van der Waals surface area (Å²) in [6, 6.07) is 6.57. The fourth-order valence-corrected chi connectivity index (χ4v) is 3.93. The molecule has 2 atom stereocenters. The highest BCUT2D eigenvalue weighted by atomic mass is 32.2. The van der Waals surface area contributed by atoms with E-state index >= 15 is 0 Å². The Hall–Kier alpha value is -3.52. The van der Waals surface area contributed by atoms with Gasteiger partial charge in [-0.2, -0.15) is 17.0 Å². The first-order chi connectivity index (χ1) is 18.0. The van der Waals surface area contributed by atoms with Gasteiger partial charge in [-0.1, -0.05) is 30.9 Å². The van der Waals surface area contributed by atoms with Crippen LogP contribution in [-0.2, 0) is 23.9 Å². The van der Waals surface area contributed by atoms with Crippen LogP contribution in [0.1, 0.15) is 57.7 Å². The summed E-state index contributed by atoms with van der Waals surface area (Å²) in [5.74, 6) is -1.13. The third-order valence-electron chi connectivity index (χ3n) is 5.08. The molecule has 0 radical (unpaired) electrons. The second kappa shape index (κ2) is 16.3. The molecule has 10 nitrogen and oxygen atoms in total. The zero-order chi connectivity index (χ0) is 28.7. The molecule has 38 heavy (non-hydrogen) atoms. The Kier molecular flexibility index (Phi) is 14.0. The van der Waals surface area contributed by atoms with Crippen LogP contribution in [-0.4, -0.2) is 72.1 Å². The van der Waals surface area contributed by atoms with Crippen molar-refractivity contribution >= 4 is 41.7 Å². The number of nitrogens with one attached hydrogen (secondary N) is 2. The average molecular weight is 547 g/mol. The van der Waals surface area contributed by atoms with Gasteiger partial charge in [-0.3, -0.25) is 14.4 Å². The van der Waals surface area contributed by atoms with E-state index in [0.29, 0.717) is 16.9 Å². The van der Waals surface area contributed by atoms with Gasteiger partial charge in [0.2, 0.25) is 11.8 Å². The van der Waals surface area contributed by atoms with E-state index in [1.807, 2.05) is 12.3 Å². The third kappa shape index (κ3) is 11.3. The largest absolute Gasteiger partial charge is 0.466 e. The van der Waals surface area contributed by atoms with Gasteiger partial charge in [0.15, 0.2) is 0 Å². The number of hydrogen-bond acceptors (Lipinski definition) is 8. The van der Waals surface area contributed by atoms with Gasteiger partial charge >= 0.3 is 12.1 Å². The lowest BCUT2D eigenvalue weighted by molar-refractivity contribution is -0.144. The Bertz CT molecular complexity index is 1020. The lowest BCUT2D eigenvalue weighted by atomic mass is 10.00. The molecule has 0 bridgehead atoms. The molecule has 3 amide bonds. The van der Waals surface area contributed by atoms with Gasteiger partial charge in [-0.15, -0.1) is 0 Å². The minimum Gasteiger partial charge on any atom is -0.466 e. The molecule has 2 N–H and O–H groups in total. The maximum atomic E-state index is 13.8. The Balaban J connectivity index is 3.39. The van der Waals surface area contributed by atoms with Crippen LogP contribution >= 0.6 is 11.8 Å². The maximum absolute atomic E-state index is 13.8. The highest BCUT2D eigenvalue weighted by molar-refractivity contribution is 7.98. The predicted molar refractivity (Wildman–Crippen MR) is 147 cm³/mol. The molecule has 208 valence electrons. The summed E-state index contributed by atoms with van der Waals surface area (Å²) in [7, 11) is 0. The SMILES string of the molecule is C=Cc1cccc(C(C(=O)NCCC(=O)OCC)N(CC#N)C(=O)C(CCSC)NC(=O)OC(C)(C)C)c1. The molecule has 0 saturated carbocycles. The van der Waals surface area contributed by atoms with E-state index in [4.69, 9.17) is 9.47 Å². The minimum absolute atomic E-state index is 0.0179. The summed E-state index contributed by atoms with van der Waals surface area (Å²) in [5, 5.41) is 14.9. The summed E-state index contributed by atoms with van der Waals surface area (Å²) >= 11 is 1.48. The number of carbonyl (C=O) groups is 4. The van der Waals surface area contributed by atoms with Crippen molar-refractivity contribution in [2.45, 2.75) is 58.2 Å². The van der Waals surface area contributed by atoms with Gasteiger partial charge in [-0.05, 0) is 63.3 Å².